The van der Waals surface area contributed by atoms with Crippen LogP contribution in [0.3, 0.4) is 0 Å². The molecule has 100 valence electrons. The van der Waals surface area contributed by atoms with Gasteiger partial charge in [0.25, 0.3) is 0 Å². The molecular weight excluding hydrogens is 238 g/mol. The highest BCUT2D eigenvalue weighted by atomic mass is 16.5. The van der Waals surface area contributed by atoms with E-state index in [0.29, 0.717) is 6.01 Å². The van der Waals surface area contributed by atoms with E-state index in [1.54, 1.807) is 7.05 Å². The molecule has 0 radical (unpaired) electrons. The van der Waals surface area contributed by atoms with E-state index in [1.807, 2.05) is 0 Å². The molecule has 1 fully saturated rings. The standard InChI is InChI=1S/C15H19N3O/c1-16-14-17-13(18-19-14)15(10-6-3-7-11-15)12-8-4-2-5-9-12/h2,4-5,8-9H,3,6-7,10-11H2,1H3,(H,16,17,18). The van der Waals surface area contributed by atoms with Gasteiger partial charge in [0.15, 0.2) is 5.82 Å². The maximum absolute atomic E-state index is 5.24. The summed E-state index contributed by atoms with van der Waals surface area (Å²) in [6, 6.07) is 11.1. The molecule has 19 heavy (non-hydrogen) atoms. The third-order valence-corrected chi connectivity index (χ3v) is 4.10. The lowest BCUT2D eigenvalue weighted by Gasteiger charge is -2.34. The van der Waals surface area contributed by atoms with E-state index >= 15 is 0 Å². The van der Waals surface area contributed by atoms with Gasteiger partial charge in [0.05, 0.1) is 5.41 Å². The van der Waals surface area contributed by atoms with Crippen LogP contribution in [0, 0.1) is 0 Å². The monoisotopic (exact) mass is 257 g/mol. The maximum Gasteiger partial charge on any atom is 0.321 e. The van der Waals surface area contributed by atoms with Crippen molar-refractivity contribution in [2.75, 3.05) is 12.4 Å². The molecule has 1 aliphatic carbocycles. The van der Waals surface area contributed by atoms with Crippen molar-refractivity contribution < 1.29 is 4.52 Å². The van der Waals surface area contributed by atoms with Crippen molar-refractivity contribution in [3.63, 3.8) is 0 Å². The van der Waals surface area contributed by atoms with Crippen LogP contribution in [0.25, 0.3) is 0 Å². The zero-order valence-electron chi connectivity index (χ0n) is 11.2. The van der Waals surface area contributed by atoms with E-state index in [9.17, 15) is 0 Å². The molecule has 0 unspecified atom stereocenters. The minimum absolute atomic E-state index is 0.0713. The van der Waals surface area contributed by atoms with Crippen molar-refractivity contribution in [1.82, 2.24) is 10.1 Å². The second-order valence-corrected chi connectivity index (χ2v) is 5.18. The van der Waals surface area contributed by atoms with Crippen LogP contribution < -0.4 is 5.32 Å². The third-order valence-electron chi connectivity index (χ3n) is 4.10. The first kappa shape index (κ1) is 12.2. The number of hydrogen-bond donors (Lipinski definition) is 1. The molecule has 3 rings (SSSR count). The molecule has 1 aromatic carbocycles. The lowest BCUT2D eigenvalue weighted by atomic mass is 9.69. The molecule has 1 N–H and O–H groups in total. The molecule has 0 saturated heterocycles. The van der Waals surface area contributed by atoms with Gasteiger partial charge in [-0.05, 0) is 18.4 Å². The van der Waals surface area contributed by atoms with Crippen LogP contribution in [0.4, 0.5) is 6.01 Å². The Morgan fingerprint density at radius 2 is 1.84 bits per heavy atom. The van der Waals surface area contributed by atoms with Gasteiger partial charge in [0.1, 0.15) is 0 Å². The summed E-state index contributed by atoms with van der Waals surface area (Å²) < 4.78 is 5.24. The number of rotatable bonds is 3. The molecule has 0 amide bonds. The molecular formula is C15H19N3O. The van der Waals surface area contributed by atoms with E-state index < -0.39 is 0 Å². The fourth-order valence-corrected chi connectivity index (χ4v) is 3.07. The number of anilines is 1. The Morgan fingerprint density at radius 1 is 1.11 bits per heavy atom. The van der Waals surface area contributed by atoms with E-state index in [1.165, 1.54) is 24.8 Å². The van der Waals surface area contributed by atoms with Gasteiger partial charge in [-0.1, -0.05) is 54.8 Å². The third kappa shape index (κ3) is 2.11. The summed E-state index contributed by atoms with van der Waals surface area (Å²) in [5.41, 5.74) is 1.23. The van der Waals surface area contributed by atoms with Crippen LogP contribution in [0.5, 0.6) is 0 Å². The average molecular weight is 257 g/mol. The predicted octanol–water partition coefficient (Wildman–Crippen LogP) is 3.36. The Morgan fingerprint density at radius 3 is 2.47 bits per heavy atom. The van der Waals surface area contributed by atoms with Gasteiger partial charge in [-0.25, -0.2) is 0 Å². The topological polar surface area (TPSA) is 51.0 Å². The average Bonchev–Trinajstić information content (AvgIpc) is 2.98. The summed E-state index contributed by atoms with van der Waals surface area (Å²) in [5.74, 6) is 0.822. The summed E-state index contributed by atoms with van der Waals surface area (Å²) >= 11 is 0. The van der Waals surface area contributed by atoms with E-state index in [4.69, 9.17) is 4.52 Å². The highest BCUT2D eigenvalue weighted by molar-refractivity contribution is 5.34. The highest BCUT2D eigenvalue weighted by Gasteiger charge is 2.39. The molecule has 4 heteroatoms. The zero-order chi connectivity index (χ0) is 13.1. The maximum atomic E-state index is 5.24. The summed E-state index contributed by atoms with van der Waals surface area (Å²) in [6.07, 6.45) is 5.93. The number of aromatic nitrogens is 2. The summed E-state index contributed by atoms with van der Waals surface area (Å²) in [7, 11) is 1.80. The first-order chi connectivity index (χ1) is 9.35. The van der Waals surface area contributed by atoms with Gasteiger partial charge in [-0.15, -0.1) is 0 Å². The lowest BCUT2D eigenvalue weighted by molar-refractivity contribution is 0.314. The SMILES string of the molecule is CNc1nc(C2(c3ccccc3)CCCCC2)no1. The van der Waals surface area contributed by atoms with Crippen molar-refractivity contribution in [1.29, 1.82) is 0 Å². The van der Waals surface area contributed by atoms with Crippen LogP contribution in [0.2, 0.25) is 0 Å². The van der Waals surface area contributed by atoms with Crippen molar-refractivity contribution in [3.05, 3.63) is 41.7 Å². The predicted molar refractivity (Wildman–Crippen MR) is 74.2 cm³/mol. The fourth-order valence-electron chi connectivity index (χ4n) is 3.07. The Bertz CT molecular complexity index is 529. The molecule has 1 saturated carbocycles. The highest BCUT2D eigenvalue weighted by Crippen LogP contribution is 2.43. The van der Waals surface area contributed by atoms with Gasteiger partial charge >= 0.3 is 6.01 Å². The number of nitrogens with zero attached hydrogens (tertiary/aromatic N) is 2. The minimum Gasteiger partial charge on any atom is -0.341 e. The van der Waals surface area contributed by atoms with Gasteiger partial charge in [0.2, 0.25) is 0 Å². The molecule has 2 aromatic rings. The fraction of sp³-hybridized carbons (Fsp3) is 0.467. The Kier molecular flexibility index (Phi) is 3.23. The number of nitrogens with one attached hydrogen (secondary N) is 1. The summed E-state index contributed by atoms with van der Waals surface area (Å²) in [4.78, 5) is 4.51. The Hall–Kier alpha value is -1.84. The van der Waals surface area contributed by atoms with Gasteiger partial charge in [-0.2, -0.15) is 4.98 Å². The van der Waals surface area contributed by atoms with Gasteiger partial charge in [-0.3, -0.25) is 0 Å². The minimum atomic E-state index is -0.0713. The number of benzene rings is 1. The molecule has 0 bridgehead atoms. The first-order valence-corrected chi connectivity index (χ1v) is 6.93. The second-order valence-electron chi connectivity index (χ2n) is 5.18. The van der Waals surface area contributed by atoms with Gasteiger partial charge < -0.3 is 9.84 Å². The smallest absolute Gasteiger partial charge is 0.321 e. The molecule has 1 aromatic heterocycles. The quantitative estimate of drug-likeness (QED) is 0.916. The largest absolute Gasteiger partial charge is 0.341 e. The van der Waals surface area contributed by atoms with E-state index in [-0.39, 0.29) is 5.41 Å². The van der Waals surface area contributed by atoms with Crippen LogP contribution in [-0.4, -0.2) is 17.2 Å². The van der Waals surface area contributed by atoms with Crippen LogP contribution in [0.15, 0.2) is 34.9 Å². The normalized spacial score (nSPS) is 18.2. The second kappa shape index (κ2) is 5.03. The van der Waals surface area contributed by atoms with E-state index in [2.05, 4.69) is 45.8 Å². The van der Waals surface area contributed by atoms with Gasteiger partial charge in [0, 0.05) is 7.05 Å². The van der Waals surface area contributed by atoms with Crippen molar-refractivity contribution in [2.24, 2.45) is 0 Å². The molecule has 0 spiro atoms. The zero-order valence-corrected chi connectivity index (χ0v) is 11.2. The van der Waals surface area contributed by atoms with Crippen LogP contribution in [0.1, 0.15) is 43.5 Å². The first-order valence-electron chi connectivity index (χ1n) is 6.93. The Balaban J connectivity index is 2.06. The van der Waals surface area contributed by atoms with Crippen molar-refractivity contribution >= 4 is 6.01 Å². The van der Waals surface area contributed by atoms with Crippen molar-refractivity contribution in [3.8, 4) is 0 Å². The molecule has 1 aliphatic rings. The van der Waals surface area contributed by atoms with Crippen LogP contribution >= 0.6 is 0 Å². The molecule has 4 nitrogen and oxygen atoms in total. The van der Waals surface area contributed by atoms with Crippen LogP contribution in [-0.2, 0) is 5.41 Å². The van der Waals surface area contributed by atoms with Crippen molar-refractivity contribution in [2.45, 2.75) is 37.5 Å². The Labute approximate surface area is 113 Å². The van der Waals surface area contributed by atoms with E-state index in [0.717, 1.165) is 18.7 Å². The summed E-state index contributed by atoms with van der Waals surface area (Å²) in [6.45, 7) is 0. The summed E-state index contributed by atoms with van der Waals surface area (Å²) in [5, 5.41) is 7.13. The number of hydrogen-bond acceptors (Lipinski definition) is 4. The molecule has 0 aliphatic heterocycles. The lowest BCUT2D eigenvalue weighted by Crippen LogP contribution is -2.31. The molecule has 1 heterocycles. The molecule has 0 atom stereocenters.